The number of alkyl halides is 5. The first-order chi connectivity index (χ1) is 8.66. The Morgan fingerprint density at radius 3 is 1.70 bits per heavy atom. The summed E-state index contributed by atoms with van der Waals surface area (Å²) in [6.45, 7) is 0. The Hall–Kier alpha value is -1.28. The molecule has 0 unspecified atom stereocenters. The van der Waals surface area contributed by atoms with Crippen molar-refractivity contribution in [2.24, 2.45) is 5.73 Å². The number of rotatable bonds is 4. The Balaban J connectivity index is 0.00000361. The Morgan fingerprint density at radius 1 is 1.00 bits per heavy atom. The van der Waals surface area contributed by atoms with Crippen LogP contribution in [0.25, 0.3) is 0 Å². The molecule has 1 rings (SSSR count). The zero-order valence-corrected chi connectivity index (χ0v) is 11.3. The molecule has 1 atom stereocenters. The van der Waals surface area contributed by atoms with Gasteiger partial charge in [0.25, 0.3) is 0 Å². The molecular formula is C11H13ClF5NO2. The molecule has 0 aliphatic rings. The van der Waals surface area contributed by atoms with Crippen molar-refractivity contribution in [1.29, 1.82) is 0 Å². The number of hydrogen-bond donors (Lipinski definition) is 1. The largest absolute Gasteiger partial charge is 0.496 e. The zero-order chi connectivity index (χ0) is 14.8. The van der Waals surface area contributed by atoms with Crippen molar-refractivity contribution in [3.8, 4) is 11.5 Å². The zero-order valence-electron chi connectivity index (χ0n) is 10.5. The van der Waals surface area contributed by atoms with Gasteiger partial charge in [-0.05, 0) is 12.1 Å². The van der Waals surface area contributed by atoms with Crippen molar-refractivity contribution in [3.05, 3.63) is 23.8 Å². The molecule has 0 spiro atoms. The molecule has 0 saturated heterocycles. The molecule has 0 heterocycles. The van der Waals surface area contributed by atoms with Crippen molar-refractivity contribution < 1.29 is 31.4 Å². The van der Waals surface area contributed by atoms with Gasteiger partial charge in [0.05, 0.1) is 19.8 Å². The number of nitrogens with two attached hydrogens (primary N) is 1. The van der Waals surface area contributed by atoms with Crippen LogP contribution in [0.1, 0.15) is 11.6 Å². The van der Waals surface area contributed by atoms with E-state index in [1.807, 2.05) is 0 Å². The number of methoxy groups -OCH3 is 2. The molecule has 0 radical (unpaired) electrons. The van der Waals surface area contributed by atoms with E-state index in [1.54, 1.807) is 0 Å². The lowest BCUT2D eigenvalue weighted by molar-refractivity contribution is -0.291. The molecule has 1 aromatic rings. The molecule has 20 heavy (non-hydrogen) atoms. The second kappa shape index (κ2) is 6.45. The van der Waals surface area contributed by atoms with Gasteiger partial charge in [-0.25, -0.2) is 0 Å². The minimum Gasteiger partial charge on any atom is -0.496 e. The highest BCUT2D eigenvalue weighted by Gasteiger charge is 2.62. The standard InChI is InChI=1S/C11H12F5NO2.ClH/c1-18-6-4-3-5-7(19-2)8(6)9(17)10(12,13)11(14,15)16;/h3-5,9H,17H2,1-2H3;1H/t9-;/m0./s1. The van der Waals surface area contributed by atoms with Gasteiger partial charge in [-0.1, -0.05) is 6.07 Å². The third-order valence-electron chi connectivity index (χ3n) is 2.55. The number of hydrogen-bond acceptors (Lipinski definition) is 3. The molecule has 9 heteroatoms. The molecule has 0 aliphatic carbocycles. The summed E-state index contributed by atoms with van der Waals surface area (Å²) in [5.41, 5.74) is 4.55. The van der Waals surface area contributed by atoms with Gasteiger partial charge in [-0.2, -0.15) is 22.0 Å². The van der Waals surface area contributed by atoms with Gasteiger partial charge in [-0.3, -0.25) is 0 Å². The van der Waals surface area contributed by atoms with E-state index >= 15 is 0 Å². The van der Waals surface area contributed by atoms with Gasteiger partial charge < -0.3 is 15.2 Å². The highest BCUT2D eigenvalue weighted by Crippen LogP contribution is 2.47. The van der Waals surface area contributed by atoms with E-state index in [0.717, 1.165) is 14.2 Å². The molecule has 116 valence electrons. The van der Waals surface area contributed by atoms with Crippen LogP contribution in [0, 0.1) is 0 Å². The molecular weight excluding hydrogens is 309 g/mol. The van der Waals surface area contributed by atoms with E-state index in [4.69, 9.17) is 15.2 Å². The van der Waals surface area contributed by atoms with Crippen molar-refractivity contribution >= 4 is 12.4 Å². The average molecular weight is 322 g/mol. The fourth-order valence-electron chi connectivity index (χ4n) is 1.54. The predicted octanol–water partition coefficient (Wildman–Crippen LogP) is 3.32. The molecule has 3 nitrogen and oxygen atoms in total. The summed E-state index contributed by atoms with van der Waals surface area (Å²) < 4.78 is 73.1. The number of halogens is 6. The second-order valence-electron chi connectivity index (χ2n) is 3.67. The van der Waals surface area contributed by atoms with Crippen molar-refractivity contribution in [2.75, 3.05) is 14.2 Å². The molecule has 2 N–H and O–H groups in total. The lowest BCUT2D eigenvalue weighted by Crippen LogP contribution is -2.46. The maximum atomic E-state index is 13.3. The van der Waals surface area contributed by atoms with E-state index in [9.17, 15) is 22.0 Å². The maximum absolute atomic E-state index is 13.3. The number of ether oxygens (including phenoxy) is 2. The maximum Gasteiger partial charge on any atom is 0.455 e. The van der Waals surface area contributed by atoms with Crippen LogP contribution in [0.5, 0.6) is 11.5 Å². The van der Waals surface area contributed by atoms with Crippen LogP contribution in [0.3, 0.4) is 0 Å². The topological polar surface area (TPSA) is 44.5 Å². The van der Waals surface area contributed by atoms with Crippen LogP contribution in [0.15, 0.2) is 18.2 Å². The van der Waals surface area contributed by atoms with Crippen molar-refractivity contribution in [1.82, 2.24) is 0 Å². The van der Waals surface area contributed by atoms with Crippen LogP contribution in [0.2, 0.25) is 0 Å². The lowest BCUT2D eigenvalue weighted by atomic mass is 9.99. The Kier molecular flexibility index (Phi) is 6.03. The SMILES string of the molecule is COc1cccc(OC)c1[C@H](N)C(F)(F)C(F)(F)F.Cl. The highest BCUT2D eigenvalue weighted by molar-refractivity contribution is 5.85. The van der Waals surface area contributed by atoms with Gasteiger partial charge in [-0.15, -0.1) is 12.4 Å². The first-order valence-electron chi connectivity index (χ1n) is 5.07. The summed E-state index contributed by atoms with van der Waals surface area (Å²) in [7, 11) is 2.27. The van der Waals surface area contributed by atoms with Gasteiger partial charge >= 0.3 is 12.1 Å². The molecule has 0 aromatic heterocycles. The monoisotopic (exact) mass is 321 g/mol. The van der Waals surface area contributed by atoms with E-state index < -0.39 is 23.7 Å². The van der Waals surface area contributed by atoms with Crippen LogP contribution in [-0.4, -0.2) is 26.3 Å². The first kappa shape index (κ1) is 18.7. The summed E-state index contributed by atoms with van der Waals surface area (Å²) in [5.74, 6) is -5.50. The van der Waals surface area contributed by atoms with E-state index in [2.05, 4.69) is 0 Å². The molecule has 0 saturated carbocycles. The predicted molar refractivity (Wildman–Crippen MR) is 64.7 cm³/mol. The third kappa shape index (κ3) is 3.24. The average Bonchev–Trinajstić information content (AvgIpc) is 2.35. The summed E-state index contributed by atoms with van der Waals surface area (Å²) >= 11 is 0. The van der Waals surface area contributed by atoms with Crippen LogP contribution < -0.4 is 15.2 Å². The second-order valence-corrected chi connectivity index (χ2v) is 3.67. The Morgan fingerprint density at radius 2 is 1.40 bits per heavy atom. The normalized spacial score (nSPS) is 13.4. The fourth-order valence-corrected chi connectivity index (χ4v) is 1.54. The number of benzene rings is 1. The lowest BCUT2D eigenvalue weighted by Gasteiger charge is -2.27. The van der Waals surface area contributed by atoms with Crippen molar-refractivity contribution in [2.45, 2.75) is 18.1 Å². The van der Waals surface area contributed by atoms with Gasteiger partial charge in [0.2, 0.25) is 0 Å². The van der Waals surface area contributed by atoms with E-state index in [0.29, 0.717) is 0 Å². The molecule has 0 bridgehead atoms. The molecule has 0 fully saturated rings. The Bertz CT molecular complexity index is 431. The molecule has 1 aromatic carbocycles. The highest BCUT2D eigenvalue weighted by atomic mass is 35.5. The summed E-state index contributed by atoms with van der Waals surface area (Å²) in [5, 5.41) is 0. The van der Waals surface area contributed by atoms with Gasteiger partial charge in [0.1, 0.15) is 17.5 Å². The first-order valence-corrected chi connectivity index (χ1v) is 5.07. The van der Waals surface area contributed by atoms with Gasteiger partial charge in [0.15, 0.2) is 0 Å². The van der Waals surface area contributed by atoms with Crippen LogP contribution in [-0.2, 0) is 0 Å². The van der Waals surface area contributed by atoms with E-state index in [-0.39, 0.29) is 23.9 Å². The summed E-state index contributed by atoms with van der Waals surface area (Å²) in [6, 6.07) is 1.21. The molecule has 0 aliphatic heterocycles. The molecule has 0 amide bonds. The van der Waals surface area contributed by atoms with Crippen molar-refractivity contribution in [3.63, 3.8) is 0 Å². The smallest absolute Gasteiger partial charge is 0.455 e. The van der Waals surface area contributed by atoms with Crippen LogP contribution >= 0.6 is 12.4 Å². The quantitative estimate of drug-likeness (QED) is 0.865. The minimum absolute atomic E-state index is 0. The minimum atomic E-state index is -5.77. The summed E-state index contributed by atoms with van der Waals surface area (Å²) in [6.07, 6.45) is -5.77. The van der Waals surface area contributed by atoms with Gasteiger partial charge in [0, 0.05) is 0 Å². The van der Waals surface area contributed by atoms with E-state index in [1.165, 1.54) is 18.2 Å². The third-order valence-corrected chi connectivity index (χ3v) is 2.55. The fraction of sp³-hybridized carbons (Fsp3) is 0.455. The summed E-state index contributed by atoms with van der Waals surface area (Å²) in [4.78, 5) is 0. The Labute approximate surface area is 118 Å². The van der Waals surface area contributed by atoms with Crippen LogP contribution in [0.4, 0.5) is 22.0 Å².